The first-order valence-electron chi connectivity index (χ1n) is 44.0. The van der Waals surface area contributed by atoms with Gasteiger partial charge in [-0.15, -0.1) is 24.8 Å². The Morgan fingerprint density at radius 3 is 1.21 bits per heavy atom. The Labute approximate surface area is 902 Å². The number of benzene rings is 7. The van der Waals surface area contributed by atoms with Gasteiger partial charge < -0.3 is 77.5 Å². The third kappa shape index (κ3) is 45.5. The van der Waals surface area contributed by atoms with Crippen molar-refractivity contribution in [2.24, 2.45) is 29.4 Å². The Bertz CT molecular complexity index is 6070. The average Bonchev–Trinajstić information content (AvgIpc) is 1.24. The SMILES string of the molecule is C=Cc1cc(C(=O)Cc2ccc(C(=N)NC(=O)SCC)cc2)c(-c2ccc(C(=O)NCC3CC3)nc2C(=O)OC(C)OC(=O)C(C)C)cc1C.C=Cc1cc(C(=O)O)c(-c2ccc(C(=O)NCC3CC3)nc2C(=O)OC(C)OC(=O)C(C)C)cc1C.CCS.CCSC(=O)NC(=N)c1ccc(N)cc1.CCSC(=O)Oc1ccc([N+](=O)[O-])cc1.Cl.Cl.N=C(N)c1ccc(N)cc1.O=C(Cl)Oc1ccc([N+](=O)[O-])cc1.[Na+].[OH-]. The van der Waals surface area contributed by atoms with E-state index < -0.39 is 86.7 Å². The number of pyridine rings is 2. The molecule has 2 saturated carbocycles. The molecule has 7 aromatic carbocycles. The van der Waals surface area contributed by atoms with Gasteiger partial charge in [-0.1, -0.05) is 135 Å². The van der Waals surface area contributed by atoms with Crippen molar-refractivity contribution in [3.05, 3.63) is 282 Å². The predicted octanol–water partition coefficient (Wildman–Crippen LogP) is 17.4. The van der Waals surface area contributed by atoms with Crippen molar-refractivity contribution in [2.45, 2.75) is 128 Å². The smallest absolute Gasteiger partial charge is 0.870 e. The van der Waals surface area contributed by atoms with Gasteiger partial charge in [0, 0.05) is 120 Å². The van der Waals surface area contributed by atoms with Crippen LogP contribution in [-0.4, -0.2) is 165 Å². The van der Waals surface area contributed by atoms with Crippen molar-refractivity contribution in [1.82, 2.24) is 31.2 Å². The van der Waals surface area contributed by atoms with E-state index in [1.807, 2.05) is 34.6 Å². The number of Topliss-reactive ketones (excluding diaryl/α,β-unsaturated/α-hetero) is 1. The number of nitro groups is 2. The van der Waals surface area contributed by atoms with Crippen LogP contribution in [-0.2, 0) is 35.0 Å². The zero-order valence-electron chi connectivity index (χ0n) is 82.2. The number of nitrogens with zero attached hydrogens (tertiary/aromatic N) is 4. The summed E-state index contributed by atoms with van der Waals surface area (Å²) < 4.78 is 30.5. The molecule has 11 rings (SSSR count). The molecule has 9 aromatic rings. The molecule has 0 spiro atoms. The van der Waals surface area contributed by atoms with Crippen molar-refractivity contribution in [3.63, 3.8) is 0 Å². The third-order valence-electron chi connectivity index (χ3n) is 19.3. The number of rotatable bonds is 32. The molecular weight excluding hydrogens is 2040 g/mol. The number of carbonyl (C=O) groups is 12. The van der Waals surface area contributed by atoms with Crippen LogP contribution in [0, 0.1) is 74.0 Å². The number of amides is 4. The maximum Gasteiger partial charge on any atom is 1.00 e. The molecule has 2 fully saturated rings. The number of halogens is 3. The van der Waals surface area contributed by atoms with Gasteiger partial charge in [-0.3, -0.25) is 70.0 Å². The summed E-state index contributed by atoms with van der Waals surface area (Å²) in [5, 5.41) is 63.0. The number of nitrogens with one attached hydrogen (secondary N) is 7. The normalized spacial score (nSPS) is 11.3. The van der Waals surface area contributed by atoms with Crippen molar-refractivity contribution >= 4 is 205 Å². The van der Waals surface area contributed by atoms with Crippen molar-refractivity contribution in [2.75, 3.05) is 47.6 Å². The largest absolute Gasteiger partial charge is 1.00 e. The fourth-order valence-electron chi connectivity index (χ4n) is 11.7. The van der Waals surface area contributed by atoms with Crippen LogP contribution >= 0.6 is 84.3 Å². The second-order valence-electron chi connectivity index (χ2n) is 31.2. The van der Waals surface area contributed by atoms with Crippen LogP contribution in [0.2, 0.25) is 0 Å². The molecule has 46 heteroatoms. The van der Waals surface area contributed by atoms with E-state index in [0.29, 0.717) is 98.3 Å². The van der Waals surface area contributed by atoms with E-state index in [0.717, 1.165) is 77.8 Å². The first-order chi connectivity index (χ1) is 67.3. The maximum atomic E-state index is 14.0. The monoisotopic (exact) mass is 2150 g/mol. The van der Waals surface area contributed by atoms with Crippen LogP contribution in [0.15, 0.2) is 183 Å². The van der Waals surface area contributed by atoms with Gasteiger partial charge >= 0.3 is 70.1 Å². The van der Waals surface area contributed by atoms with Crippen LogP contribution in [0.3, 0.4) is 0 Å². The molecule has 2 heterocycles. The molecule has 776 valence electrons. The number of ketones is 1. The number of aromatic carboxylic acids is 1. The number of thioether (sulfide) groups is 3. The van der Waals surface area contributed by atoms with E-state index in [4.69, 9.17) is 68.7 Å². The van der Waals surface area contributed by atoms with E-state index in [1.54, 1.807) is 138 Å². The number of carbonyl (C=O) groups excluding carboxylic acids is 11. The minimum absolute atomic E-state index is 0. The summed E-state index contributed by atoms with van der Waals surface area (Å²) in [7, 11) is 0. The minimum Gasteiger partial charge on any atom is -0.870 e. The molecule has 0 saturated heterocycles. The van der Waals surface area contributed by atoms with Gasteiger partial charge in [-0.2, -0.15) is 12.6 Å². The van der Waals surface area contributed by atoms with E-state index in [2.05, 4.69) is 61.8 Å². The summed E-state index contributed by atoms with van der Waals surface area (Å²) in [5.74, 6) is -1.96. The molecule has 15 N–H and O–H groups in total. The van der Waals surface area contributed by atoms with Gasteiger partial charge in [-0.25, -0.2) is 33.9 Å². The van der Waals surface area contributed by atoms with Gasteiger partial charge in [0.25, 0.3) is 33.7 Å². The fourth-order valence-corrected chi connectivity index (χ4v) is 13.0. The number of nitrogens with two attached hydrogens (primary N) is 3. The van der Waals surface area contributed by atoms with Gasteiger partial charge in [0.05, 0.1) is 27.2 Å². The van der Waals surface area contributed by atoms with Crippen LogP contribution in [0.1, 0.15) is 202 Å². The molecular formula is C100H116Cl3N14NaO24S4. The minimum atomic E-state index is -1.24. The molecule has 38 nitrogen and oxygen atoms in total. The predicted molar refractivity (Wildman–Crippen MR) is 570 cm³/mol. The molecule has 2 aliphatic rings. The first kappa shape index (κ1) is 131. The zero-order chi connectivity index (χ0) is 106. The van der Waals surface area contributed by atoms with Gasteiger partial charge in [0.15, 0.2) is 17.2 Å². The number of esters is 4. The van der Waals surface area contributed by atoms with Gasteiger partial charge in [0.2, 0.25) is 12.6 Å². The summed E-state index contributed by atoms with van der Waals surface area (Å²) in [6.45, 7) is 29.2. The summed E-state index contributed by atoms with van der Waals surface area (Å²) in [6, 6.07) is 43.3. The van der Waals surface area contributed by atoms with Crippen LogP contribution in [0.5, 0.6) is 11.5 Å². The number of carboxylic acid groups (broad SMARTS) is 1. The Hall–Kier alpha value is -13.4. The number of non-ortho nitro benzene ring substituents is 2. The number of nitrogen functional groups attached to an aromatic ring is 3. The van der Waals surface area contributed by atoms with Crippen molar-refractivity contribution in [3.8, 4) is 33.8 Å². The molecule has 0 bridgehead atoms. The van der Waals surface area contributed by atoms with Crippen LogP contribution in [0.25, 0.3) is 34.4 Å². The summed E-state index contributed by atoms with van der Waals surface area (Å²) >= 11 is 12.0. The topological polar surface area (TPSA) is 620 Å². The standard InChI is InChI=1S/C38H42N4O7S.C27H30N2O7.C10H13N3OS.C9H9NO4S.C7H4ClNO4.C7H9N3.C2H6S.2ClH.Na.H2O/c1-7-26-19-30(32(43)18-24-11-13-27(14-12-24)34(39)42-38(47)50-8-2)29(17-22(26)5)28-15-16-31(35(44)40-20-25-9-10-25)41-33(28)37(46)49-23(6)48-36(45)21(3)4;1-6-18-12-21(25(31)32)20(11-15(18)4)19-9-10-22(24(30)28-13-17-7-8-17)29-23(19)27(34)36-16(5)35-26(33)14(2)3;1-2-15-10(14)13-9(12)7-3-5-8(11)6-4-7;1-2-15-9(11)14-8-5-3-7(4-6-8)10(12)13;8-7(10)13-6-3-1-5(2-4-6)9(11)12;8-6-3-1-5(2-4-6)7(9)10;1-2-3;;;;/h7,11-17,19,21,23,25H,1,8-10,18,20H2,2-6H3,(H,40,44)(H2,39,42,47);6,9-12,14,16-17H,1,7-8,13H2,2-5H3,(H,28,30)(H,31,32);3-6H,2,11H2,1H3,(H2,12,13,14);3-6H,2H2,1H3;1-4H;1-4H,8H2,(H3,9,10);3H,2H2,1H3;2*1H;;1H2/q;;;;;;;;;+1;/p-1. The summed E-state index contributed by atoms with van der Waals surface area (Å²) in [4.78, 5) is 175. The quantitative estimate of drug-likeness (QED) is 0.00159. The van der Waals surface area contributed by atoms with Gasteiger partial charge in [-0.05, 0) is 235 Å². The summed E-state index contributed by atoms with van der Waals surface area (Å²) in [6.07, 6.45) is 4.87. The molecule has 0 radical (unpaired) electrons. The van der Waals surface area contributed by atoms with E-state index >= 15 is 0 Å². The number of carboxylic acids is 1. The second kappa shape index (κ2) is 66.6. The van der Waals surface area contributed by atoms with Crippen LogP contribution in [0.4, 0.5) is 41.9 Å². The van der Waals surface area contributed by atoms with E-state index in [9.17, 15) is 82.9 Å². The molecule has 2 unspecified atom stereocenters. The molecule has 2 aromatic heterocycles. The number of aryl methyl sites for hydroxylation is 2. The Morgan fingerprint density at radius 2 is 0.877 bits per heavy atom. The number of thiol groups is 1. The van der Waals surface area contributed by atoms with Crippen molar-refractivity contribution < 1.29 is 136 Å². The number of nitro benzene ring substituents is 2. The average molecular weight is 2160 g/mol. The summed E-state index contributed by atoms with van der Waals surface area (Å²) in [5.41, 5.74) is 22.5. The number of aromatic nitrogens is 2. The Kier molecular flexibility index (Phi) is 59.6. The van der Waals surface area contributed by atoms with Crippen molar-refractivity contribution in [1.29, 1.82) is 16.2 Å². The second-order valence-corrected chi connectivity index (χ2v) is 35.8. The maximum absolute atomic E-state index is 14.0. The molecule has 2 atom stereocenters. The Balaban J connectivity index is 0.000000958. The number of hydrogen-bond donors (Lipinski definition) is 12. The molecule has 146 heavy (non-hydrogen) atoms. The third-order valence-corrected chi connectivity index (χ3v) is 21.3. The van der Waals surface area contributed by atoms with Crippen LogP contribution < -0.4 is 77.5 Å². The fraction of sp³-hybridized carbons (Fsp3) is 0.290. The van der Waals surface area contributed by atoms with E-state index in [1.165, 1.54) is 92.7 Å². The molecule has 0 aliphatic heterocycles. The number of ether oxygens (including phenoxy) is 6. The number of hydrogen-bond acceptors (Lipinski definition) is 34. The Morgan fingerprint density at radius 1 is 0.527 bits per heavy atom. The number of amidine groups is 3. The molecule has 4 amide bonds. The van der Waals surface area contributed by atoms with Gasteiger partial charge in [0.1, 0.15) is 40.4 Å². The molecule has 2 aliphatic carbocycles. The van der Waals surface area contributed by atoms with E-state index in [-0.39, 0.29) is 168 Å². The first-order valence-corrected chi connectivity index (χ1v) is 48.0. The number of anilines is 2. The zero-order valence-corrected chi connectivity index (χ0v) is 90.0.